The molecule has 1 fully saturated rings. The van der Waals surface area contributed by atoms with Crippen molar-refractivity contribution < 1.29 is 9.32 Å². The smallest absolute Gasteiger partial charge is 0.239 e. The number of nitrogens with zero attached hydrogens (tertiary/aromatic N) is 2. The predicted octanol–water partition coefficient (Wildman–Crippen LogP) is 0.345. The predicted molar refractivity (Wildman–Crippen MR) is 63.5 cm³/mol. The van der Waals surface area contributed by atoms with Crippen LogP contribution in [0.2, 0.25) is 0 Å². The Kier molecular flexibility index (Phi) is 3.75. The molecule has 0 bridgehead atoms. The third kappa shape index (κ3) is 3.04. The van der Waals surface area contributed by atoms with Crippen molar-refractivity contribution >= 4 is 11.7 Å². The minimum Gasteiger partial charge on any atom is -0.360 e. The Bertz CT molecular complexity index is 391. The quantitative estimate of drug-likeness (QED) is 0.790. The van der Waals surface area contributed by atoms with Gasteiger partial charge in [-0.2, -0.15) is 0 Å². The minimum absolute atomic E-state index is 0.0707. The number of likely N-dealkylation sites (tertiary alicyclic amines) is 1. The van der Waals surface area contributed by atoms with Gasteiger partial charge in [0.15, 0.2) is 5.82 Å². The van der Waals surface area contributed by atoms with Crippen molar-refractivity contribution in [3.8, 4) is 0 Å². The van der Waals surface area contributed by atoms with E-state index in [0.29, 0.717) is 30.7 Å². The van der Waals surface area contributed by atoms with Gasteiger partial charge in [0, 0.05) is 18.7 Å². The summed E-state index contributed by atoms with van der Waals surface area (Å²) in [6.45, 7) is 3.70. The van der Waals surface area contributed by atoms with E-state index < -0.39 is 0 Å². The molecule has 2 heterocycles. The number of nitrogens with one attached hydrogen (secondary N) is 1. The van der Waals surface area contributed by atoms with Gasteiger partial charge >= 0.3 is 0 Å². The molecule has 0 radical (unpaired) electrons. The molecular weight excluding hydrogens is 220 g/mol. The van der Waals surface area contributed by atoms with Gasteiger partial charge in [-0.05, 0) is 26.3 Å². The van der Waals surface area contributed by atoms with Crippen LogP contribution in [0.5, 0.6) is 0 Å². The molecule has 3 N–H and O–H groups in total. The summed E-state index contributed by atoms with van der Waals surface area (Å²) < 4.78 is 4.88. The van der Waals surface area contributed by atoms with Crippen LogP contribution in [0.4, 0.5) is 5.82 Å². The molecule has 0 spiro atoms. The van der Waals surface area contributed by atoms with Crippen LogP contribution in [0.1, 0.15) is 18.6 Å². The molecular formula is C11H18N4O2. The average molecular weight is 238 g/mol. The molecule has 1 aromatic heterocycles. The van der Waals surface area contributed by atoms with Gasteiger partial charge in [0.1, 0.15) is 5.76 Å². The molecule has 1 atom stereocenters. The minimum atomic E-state index is -0.0707. The Balaban J connectivity index is 1.85. The lowest BCUT2D eigenvalue weighted by Gasteiger charge is -2.21. The van der Waals surface area contributed by atoms with Gasteiger partial charge in [-0.15, -0.1) is 0 Å². The van der Waals surface area contributed by atoms with Crippen LogP contribution < -0.4 is 11.1 Å². The standard InChI is InChI=1S/C11H18N4O2/c1-8-5-10(14-17-8)13-11(16)7-15-4-2-3-9(15)6-12/h5,9H,2-4,6-7,12H2,1H3,(H,13,14,16). The van der Waals surface area contributed by atoms with Gasteiger partial charge in [0.05, 0.1) is 6.54 Å². The lowest BCUT2D eigenvalue weighted by atomic mass is 10.2. The van der Waals surface area contributed by atoms with Crippen LogP contribution in [-0.4, -0.2) is 41.6 Å². The number of hydrogen-bond acceptors (Lipinski definition) is 5. The zero-order valence-corrected chi connectivity index (χ0v) is 9.98. The number of nitrogens with two attached hydrogens (primary N) is 1. The van der Waals surface area contributed by atoms with Crippen molar-refractivity contribution in [3.05, 3.63) is 11.8 Å². The summed E-state index contributed by atoms with van der Waals surface area (Å²) in [6, 6.07) is 2.03. The van der Waals surface area contributed by atoms with E-state index in [1.807, 2.05) is 0 Å². The maximum atomic E-state index is 11.8. The number of rotatable bonds is 4. The van der Waals surface area contributed by atoms with E-state index in [2.05, 4.69) is 15.4 Å². The number of carbonyl (C=O) groups excluding carboxylic acids is 1. The first-order valence-corrected chi connectivity index (χ1v) is 5.86. The molecule has 2 rings (SSSR count). The van der Waals surface area contributed by atoms with E-state index in [4.69, 9.17) is 10.3 Å². The molecule has 6 nitrogen and oxygen atoms in total. The van der Waals surface area contributed by atoms with Crippen molar-refractivity contribution in [3.63, 3.8) is 0 Å². The first kappa shape index (κ1) is 12.1. The fourth-order valence-electron chi connectivity index (χ4n) is 2.16. The number of amides is 1. The molecule has 1 aliphatic heterocycles. The fraction of sp³-hybridized carbons (Fsp3) is 0.636. The maximum Gasteiger partial charge on any atom is 0.239 e. The molecule has 0 aliphatic carbocycles. The normalized spacial score (nSPS) is 20.7. The zero-order chi connectivity index (χ0) is 12.3. The number of aromatic nitrogens is 1. The third-order valence-electron chi connectivity index (χ3n) is 3.01. The highest BCUT2D eigenvalue weighted by Gasteiger charge is 2.24. The van der Waals surface area contributed by atoms with Crippen LogP contribution in [0.15, 0.2) is 10.6 Å². The van der Waals surface area contributed by atoms with Crippen LogP contribution in [0.25, 0.3) is 0 Å². The Morgan fingerprint density at radius 2 is 2.59 bits per heavy atom. The third-order valence-corrected chi connectivity index (χ3v) is 3.01. The highest BCUT2D eigenvalue weighted by molar-refractivity contribution is 5.91. The van der Waals surface area contributed by atoms with Crippen molar-refractivity contribution in [1.82, 2.24) is 10.1 Å². The molecule has 17 heavy (non-hydrogen) atoms. The molecule has 0 saturated carbocycles. The lowest BCUT2D eigenvalue weighted by molar-refractivity contribution is -0.117. The van der Waals surface area contributed by atoms with Gasteiger partial charge in [-0.3, -0.25) is 9.69 Å². The van der Waals surface area contributed by atoms with Crippen molar-refractivity contribution in [2.45, 2.75) is 25.8 Å². The zero-order valence-electron chi connectivity index (χ0n) is 9.98. The maximum absolute atomic E-state index is 11.8. The van der Waals surface area contributed by atoms with Gasteiger partial charge in [-0.25, -0.2) is 0 Å². The highest BCUT2D eigenvalue weighted by atomic mass is 16.5. The van der Waals surface area contributed by atoms with E-state index in [1.165, 1.54) is 0 Å². The average Bonchev–Trinajstić information content (AvgIpc) is 2.87. The molecule has 1 saturated heterocycles. The summed E-state index contributed by atoms with van der Waals surface area (Å²) >= 11 is 0. The summed E-state index contributed by atoms with van der Waals surface area (Å²) in [5.74, 6) is 1.08. The number of anilines is 1. The first-order valence-electron chi connectivity index (χ1n) is 5.86. The summed E-state index contributed by atoms with van der Waals surface area (Å²) in [5.41, 5.74) is 5.66. The second-order valence-electron chi connectivity index (χ2n) is 4.37. The Morgan fingerprint density at radius 1 is 1.76 bits per heavy atom. The highest BCUT2D eigenvalue weighted by Crippen LogP contribution is 2.15. The monoisotopic (exact) mass is 238 g/mol. The van der Waals surface area contributed by atoms with E-state index in [0.717, 1.165) is 19.4 Å². The topological polar surface area (TPSA) is 84.4 Å². The number of aryl methyl sites for hydroxylation is 1. The second-order valence-corrected chi connectivity index (χ2v) is 4.37. The van der Waals surface area contributed by atoms with E-state index in [-0.39, 0.29) is 5.91 Å². The van der Waals surface area contributed by atoms with Gasteiger partial charge in [0.2, 0.25) is 5.91 Å². The van der Waals surface area contributed by atoms with E-state index >= 15 is 0 Å². The van der Waals surface area contributed by atoms with Gasteiger partial charge in [0.25, 0.3) is 0 Å². The van der Waals surface area contributed by atoms with Crippen LogP contribution in [0.3, 0.4) is 0 Å². The largest absolute Gasteiger partial charge is 0.360 e. The van der Waals surface area contributed by atoms with Gasteiger partial charge in [-0.1, -0.05) is 5.16 Å². The summed E-state index contributed by atoms with van der Waals surface area (Å²) in [5, 5.41) is 6.43. The van der Waals surface area contributed by atoms with Crippen molar-refractivity contribution in [2.75, 3.05) is 25.0 Å². The fourth-order valence-corrected chi connectivity index (χ4v) is 2.16. The van der Waals surface area contributed by atoms with Crippen molar-refractivity contribution in [2.24, 2.45) is 5.73 Å². The molecule has 1 unspecified atom stereocenters. The number of carbonyl (C=O) groups is 1. The SMILES string of the molecule is Cc1cc(NC(=O)CN2CCCC2CN)no1. The second kappa shape index (κ2) is 5.29. The summed E-state index contributed by atoms with van der Waals surface area (Å²) in [7, 11) is 0. The summed E-state index contributed by atoms with van der Waals surface area (Å²) in [4.78, 5) is 13.9. The van der Waals surface area contributed by atoms with Crippen LogP contribution >= 0.6 is 0 Å². The Labute approximate surface area is 100 Å². The van der Waals surface area contributed by atoms with Crippen molar-refractivity contribution in [1.29, 1.82) is 0 Å². The van der Waals surface area contributed by atoms with Gasteiger partial charge < -0.3 is 15.6 Å². The Morgan fingerprint density at radius 3 is 3.24 bits per heavy atom. The van der Waals surface area contributed by atoms with Crippen LogP contribution in [-0.2, 0) is 4.79 Å². The van der Waals surface area contributed by atoms with Crippen LogP contribution in [0, 0.1) is 6.92 Å². The lowest BCUT2D eigenvalue weighted by Crippen LogP contribution is -2.40. The molecule has 1 aromatic rings. The van der Waals surface area contributed by atoms with E-state index in [9.17, 15) is 4.79 Å². The molecule has 94 valence electrons. The summed E-state index contributed by atoms with van der Waals surface area (Å²) in [6.07, 6.45) is 2.19. The Hall–Kier alpha value is -1.40. The number of hydrogen-bond donors (Lipinski definition) is 2. The molecule has 0 aromatic carbocycles. The molecule has 6 heteroatoms. The molecule has 1 aliphatic rings. The molecule has 1 amide bonds. The van der Waals surface area contributed by atoms with E-state index in [1.54, 1.807) is 13.0 Å². The first-order chi connectivity index (χ1) is 8.19.